The first kappa shape index (κ1) is 19.3. The van der Waals surface area contributed by atoms with Crippen LogP contribution in [0.15, 0.2) is 30.5 Å². The Bertz CT molecular complexity index is 691. The van der Waals surface area contributed by atoms with Crippen molar-refractivity contribution in [3.63, 3.8) is 0 Å². The fourth-order valence-electron chi connectivity index (χ4n) is 2.95. The number of urea groups is 1. The number of nitrogens with zero attached hydrogens (tertiary/aromatic N) is 2. The molecule has 2 rings (SSSR count). The van der Waals surface area contributed by atoms with Crippen LogP contribution >= 0.6 is 0 Å². The molecule has 1 aromatic carbocycles. The highest BCUT2D eigenvalue weighted by Crippen LogP contribution is 2.22. The van der Waals surface area contributed by atoms with E-state index in [0.717, 1.165) is 17.6 Å². The summed E-state index contributed by atoms with van der Waals surface area (Å²) in [5.41, 5.74) is 2.02. The maximum absolute atomic E-state index is 12.6. The van der Waals surface area contributed by atoms with E-state index in [1.54, 1.807) is 7.11 Å². The van der Waals surface area contributed by atoms with E-state index in [4.69, 9.17) is 4.74 Å². The minimum Gasteiger partial charge on any atom is -0.383 e. The smallest absolute Gasteiger partial charge is 0.321 e. The average molecular weight is 345 g/mol. The van der Waals surface area contributed by atoms with Crippen molar-refractivity contribution in [1.29, 1.82) is 0 Å². The summed E-state index contributed by atoms with van der Waals surface area (Å²) in [6, 6.07) is 8.11. The number of methoxy groups -OCH3 is 1. The summed E-state index contributed by atoms with van der Waals surface area (Å²) in [6.07, 6.45) is 2.11. The van der Waals surface area contributed by atoms with Gasteiger partial charge in [-0.3, -0.25) is 0 Å². The van der Waals surface area contributed by atoms with Crippen LogP contribution in [0.1, 0.15) is 27.7 Å². The Balaban J connectivity index is 2.11. The lowest BCUT2D eigenvalue weighted by molar-refractivity contribution is 0.150. The molecule has 0 spiro atoms. The van der Waals surface area contributed by atoms with E-state index in [1.165, 1.54) is 5.52 Å². The Morgan fingerprint density at radius 2 is 1.96 bits per heavy atom. The second-order valence-corrected chi connectivity index (χ2v) is 7.40. The lowest BCUT2D eigenvalue weighted by atomic mass is 10.2. The summed E-state index contributed by atoms with van der Waals surface area (Å²) in [5.74, 6) is 1.01. The summed E-state index contributed by atoms with van der Waals surface area (Å²) in [6.45, 7) is 11.5. The van der Waals surface area contributed by atoms with E-state index in [0.29, 0.717) is 31.5 Å². The van der Waals surface area contributed by atoms with Gasteiger partial charge in [0.2, 0.25) is 0 Å². The van der Waals surface area contributed by atoms with Gasteiger partial charge < -0.3 is 19.5 Å². The summed E-state index contributed by atoms with van der Waals surface area (Å²) in [7, 11) is 1.65. The number of hydrogen-bond donors (Lipinski definition) is 1. The van der Waals surface area contributed by atoms with Crippen LogP contribution in [0.2, 0.25) is 0 Å². The molecule has 2 aromatic rings. The van der Waals surface area contributed by atoms with E-state index in [1.807, 2.05) is 17.0 Å². The lowest BCUT2D eigenvalue weighted by Crippen LogP contribution is -2.39. The van der Waals surface area contributed by atoms with E-state index < -0.39 is 0 Å². The van der Waals surface area contributed by atoms with E-state index in [2.05, 4.69) is 55.9 Å². The van der Waals surface area contributed by atoms with Crippen LogP contribution in [0.3, 0.4) is 0 Å². The van der Waals surface area contributed by atoms with Crippen LogP contribution in [-0.4, -0.2) is 42.3 Å². The molecule has 2 amide bonds. The van der Waals surface area contributed by atoms with Crippen LogP contribution in [-0.2, 0) is 11.3 Å². The quantitative estimate of drug-likeness (QED) is 0.769. The highest BCUT2D eigenvalue weighted by molar-refractivity contribution is 5.93. The monoisotopic (exact) mass is 345 g/mol. The normalized spacial score (nSPS) is 11.5. The van der Waals surface area contributed by atoms with E-state index in [9.17, 15) is 4.79 Å². The van der Waals surface area contributed by atoms with Gasteiger partial charge in [0, 0.05) is 49.5 Å². The number of carbonyl (C=O) groups excluding carboxylic acids is 1. The third-order valence-electron chi connectivity index (χ3n) is 4.02. The number of ether oxygens (including phenoxy) is 1. The van der Waals surface area contributed by atoms with Crippen LogP contribution in [0.25, 0.3) is 10.9 Å². The number of carbonyl (C=O) groups is 1. The van der Waals surface area contributed by atoms with Crippen molar-refractivity contribution in [2.45, 2.75) is 34.2 Å². The van der Waals surface area contributed by atoms with Gasteiger partial charge in [0.25, 0.3) is 0 Å². The topological polar surface area (TPSA) is 46.5 Å². The van der Waals surface area contributed by atoms with Gasteiger partial charge in [-0.25, -0.2) is 4.79 Å². The number of benzene rings is 1. The first-order valence-corrected chi connectivity index (χ1v) is 9.04. The molecule has 25 heavy (non-hydrogen) atoms. The SMILES string of the molecule is COCCN(CC(C)C)C(=O)Nc1ccc2c(ccn2CC(C)C)c1. The molecule has 0 fully saturated rings. The zero-order valence-corrected chi connectivity index (χ0v) is 16.1. The third kappa shape index (κ3) is 5.49. The predicted octanol–water partition coefficient (Wildman–Crippen LogP) is 4.43. The lowest BCUT2D eigenvalue weighted by Gasteiger charge is -2.24. The van der Waals surface area contributed by atoms with Gasteiger partial charge in [-0.15, -0.1) is 0 Å². The first-order chi connectivity index (χ1) is 11.9. The fraction of sp³-hybridized carbons (Fsp3) is 0.550. The molecule has 0 radical (unpaired) electrons. The van der Waals surface area contributed by atoms with E-state index in [-0.39, 0.29) is 6.03 Å². The summed E-state index contributed by atoms with van der Waals surface area (Å²) >= 11 is 0. The Morgan fingerprint density at radius 3 is 2.60 bits per heavy atom. The van der Waals surface area contributed by atoms with Gasteiger partial charge in [0.15, 0.2) is 0 Å². The van der Waals surface area contributed by atoms with Gasteiger partial charge in [-0.05, 0) is 36.1 Å². The zero-order chi connectivity index (χ0) is 18.4. The van der Waals surface area contributed by atoms with Crippen LogP contribution in [0, 0.1) is 11.8 Å². The van der Waals surface area contributed by atoms with E-state index >= 15 is 0 Å². The maximum atomic E-state index is 12.6. The van der Waals surface area contributed by atoms with Crippen molar-refractivity contribution in [3.05, 3.63) is 30.5 Å². The Kier molecular flexibility index (Phi) is 6.88. The molecular formula is C20H31N3O2. The van der Waals surface area contributed by atoms with Crippen LogP contribution < -0.4 is 5.32 Å². The Hall–Kier alpha value is -2.01. The first-order valence-electron chi connectivity index (χ1n) is 9.04. The molecule has 0 atom stereocenters. The number of rotatable bonds is 8. The van der Waals surface area contributed by atoms with Crippen LogP contribution in [0.4, 0.5) is 10.5 Å². The van der Waals surface area contributed by atoms with Gasteiger partial charge in [0.05, 0.1) is 6.61 Å². The molecule has 1 heterocycles. The van der Waals surface area contributed by atoms with Crippen molar-refractivity contribution in [1.82, 2.24) is 9.47 Å². The minimum atomic E-state index is -0.0771. The van der Waals surface area contributed by atoms with Gasteiger partial charge in [-0.2, -0.15) is 0 Å². The second kappa shape index (κ2) is 8.90. The summed E-state index contributed by atoms with van der Waals surface area (Å²) < 4.78 is 7.38. The third-order valence-corrected chi connectivity index (χ3v) is 4.02. The number of nitrogens with one attached hydrogen (secondary N) is 1. The molecule has 0 aliphatic rings. The summed E-state index contributed by atoms with van der Waals surface area (Å²) in [5, 5.41) is 4.16. The van der Waals surface area contributed by atoms with Gasteiger partial charge in [-0.1, -0.05) is 27.7 Å². The highest BCUT2D eigenvalue weighted by Gasteiger charge is 2.15. The van der Waals surface area contributed by atoms with Crippen molar-refractivity contribution < 1.29 is 9.53 Å². The molecule has 1 aromatic heterocycles. The average Bonchev–Trinajstić information content (AvgIpc) is 2.92. The Morgan fingerprint density at radius 1 is 1.20 bits per heavy atom. The second-order valence-electron chi connectivity index (χ2n) is 7.40. The zero-order valence-electron chi connectivity index (χ0n) is 16.1. The molecule has 0 bridgehead atoms. The highest BCUT2D eigenvalue weighted by atomic mass is 16.5. The molecule has 138 valence electrons. The molecule has 0 aliphatic carbocycles. The number of fused-ring (bicyclic) bond motifs is 1. The maximum Gasteiger partial charge on any atom is 0.321 e. The predicted molar refractivity (Wildman–Crippen MR) is 104 cm³/mol. The van der Waals surface area contributed by atoms with Crippen molar-refractivity contribution >= 4 is 22.6 Å². The Labute approximate surface area is 150 Å². The minimum absolute atomic E-state index is 0.0771. The van der Waals surface area contributed by atoms with Crippen molar-refractivity contribution in [2.24, 2.45) is 11.8 Å². The summed E-state index contributed by atoms with van der Waals surface area (Å²) in [4.78, 5) is 14.4. The number of hydrogen-bond acceptors (Lipinski definition) is 2. The standard InChI is InChI=1S/C20H31N3O2/c1-15(2)13-22-9-8-17-12-18(6-7-19(17)22)21-20(24)23(10-11-25-5)14-16(3)4/h6-9,12,15-16H,10-11,13-14H2,1-5H3,(H,21,24). The van der Waals surface area contributed by atoms with Crippen molar-refractivity contribution in [2.75, 3.05) is 32.1 Å². The fourth-order valence-corrected chi connectivity index (χ4v) is 2.95. The van der Waals surface area contributed by atoms with Crippen LogP contribution in [0.5, 0.6) is 0 Å². The number of anilines is 1. The number of amides is 2. The molecule has 0 aliphatic heterocycles. The molecule has 0 unspecified atom stereocenters. The molecular weight excluding hydrogens is 314 g/mol. The number of aromatic nitrogens is 1. The molecule has 5 heteroatoms. The molecule has 0 saturated heterocycles. The van der Waals surface area contributed by atoms with Gasteiger partial charge in [0.1, 0.15) is 0 Å². The van der Waals surface area contributed by atoms with Crippen molar-refractivity contribution in [3.8, 4) is 0 Å². The van der Waals surface area contributed by atoms with Gasteiger partial charge >= 0.3 is 6.03 Å². The molecule has 1 N–H and O–H groups in total. The largest absolute Gasteiger partial charge is 0.383 e. The molecule has 5 nitrogen and oxygen atoms in total. The molecule has 0 saturated carbocycles.